The summed E-state index contributed by atoms with van der Waals surface area (Å²) in [4.78, 5) is 23.6. The van der Waals surface area contributed by atoms with Crippen molar-refractivity contribution in [3.63, 3.8) is 0 Å². The van der Waals surface area contributed by atoms with Crippen LogP contribution in [0.15, 0.2) is 0 Å². The van der Waals surface area contributed by atoms with Gasteiger partial charge in [-0.25, -0.2) is 4.79 Å². The molecular weight excluding hydrogens is 320 g/mol. The number of aliphatic hydroxyl groups is 1. The van der Waals surface area contributed by atoms with Crippen molar-refractivity contribution in [2.75, 3.05) is 26.2 Å². The number of hydrogen-bond donors (Lipinski definition) is 3. The zero-order chi connectivity index (χ0) is 18.8. The third-order valence-electron chi connectivity index (χ3n) is 4.35. The Morgan fingerprint density at radius 3 is 1.84 bits per heavy atom. The van der Waals surface area contributed by atoms with Crippen molar-refractivity contribution in [2.24, 2.45) is 0 Å². The summed E-state index contributed by atoms with van der Waals surface area (Å²) in [6, 6.07) is 0. The van der Waals surface area contributed by atoms with Gasteiger partial charge in [0.1, 0.15) is 0 Å². The smallest absolute Gasteiger partial charge is 0.407 e. The Labute approximate surface area is 153 Å². The molecule has 0 aliphatic rings. The van der Waals surface area contributed by atoms with Crippen LogP contribution >= 0.6 is 0 Å². The van der Waals surface area contributed by atoms with Gasteiger partial charge in [-0.1, -0.05) is 71.1 Å². The molecule has 0 saturated heterocycles. The maximum atomic E-state index is 11.7. The largest absolute Gasteiger partial charge is 0.465 e. The number of nitrogens with one attached hydrogen (secondary N) is 1. The average Bonchev–Trinajstić information content (AvgIpc) is 2.58. The van der Waals surface area contributed by atoms with Crippen molar-refractivity contribution in [1.82, 2.24) is 10.2 Å². The maximum Gasteiger partial charge on any atom is 0.407 e. The molecule has 0 aliphatic carbocycles. The lowest BCUT2D eigenvalue weighted by molar-refractivity contribution is -0.121. The molecule has 0 fully saturated rings. The maximum absolute atomic E-state index is 11.7. The van der Waals surface area contributed by atoms with Gasteiger partial charge in [-0.3, -0.25) is 4.79 Å². The molecule has 2 amide bonds. The van der Waals surface area contributed by atoms with E-state index in [4.69, 9.17) is 10.2 Å². The van der Waals surface area contributed by atoms with Gasteiger partial charge in [0.15, 0.2) is 0 Å². The normalized spacial score (nSPS) is 10.6. The molecule has 0 aromatic carbocycles. The van der Waals surface area contributed by atoms with Crippen molar-refractivity contribution in [1.29, 1.82) is 0 Å². The molecule has 0 saturated carbocycles. The number of carbonyl (C=O) groups is 2. The third kappa shape index (κ3) is 15.9. The van der Waals surface area contributed by atoms with Gasteiger partial charge in [-0.05, 0) is 6.42 Å². The lowest BCUT2D eigenvalue weighted by atomic mass is 10.1. The molecule has 0 radical (unpaired) electrons. The van der Waals surface area contributed by atoms with Crippen molar-refractivity contribution in [2.45, 2.75) is 84.0 Å². The molecule has 148 valence electrons. The van der Waals surface area contributed by atoms with Gasteiger partial charge in [0.05, 0.1) is 6.61 Å². The highest BCUT2D eigenvalue weighted by atomic mass is 16.4. The zero-order valence-corrected chi connectivity index (χ0v) is 16.0. The Kier molecular flexibility index (Phi) is 16.6. The van der Waals surface area contributed by atoms with Crippen LogP contribution in [-0.4, -0.2) is 53.4 Å². The highest BCUT2D eigenvalue weighted by Gasteiger charge is 2.10. The van der Waals surface area contributed by atoms with Gasteiger partial charge < -0.3 is 20.4 Å². The fourth-order valence-electron chi connectivity index (χ4n) is 2.79. The molecule has 6 heteroatoms. The van der Waals surface area contributed by atoms with E-state index < -0.39 is 6.09 Å². The fraction of sp³-hybridized carbons (Fsp3) is 0.895. The second kappa shape index (κ2) is 17.5. The minimum absolute atomic E-state index is 0.0229. The van der Waals surface area contributed by atoms with Gasteiger partial charge >= 0.3 is 6.09 Å². The first kappa shape index (κ1) is 23.7. The van der Waals surface area contributed by atoms with Crippen LogP contribution in [0.1, 0.15) is 84.0 Å². The van der Waals surface area contributed by atoms with Crippen LogP contribution in [0.25, 0.3) is 0 Å². The molecule has 0 rings (SSSR count). The van der Waals surface area contributed by atoms with Gasteiger partial charge in [0.25, 0.3) is 0 Å². The summed E-state index contributed by atoms with van der Waals surface area (Å²) in [7, 11) is 0. The molecule has 0 aromatic rings. The lowest BCUT2D eigenvalue weighted by Gasteiger charge is -2.17. The fourth-order valence-corrected chi connectivity index (χ4v) is 2.79. The van der Waals surface area contributed by atoms with E-state index in [0.717, 1.165) is 17.7 Å². The first-order valence-electron chi connectivity index (χ1n) is 9.97. The molecule has 0 spiro atoms. The molecular formula is C19H38N2O4. The minimum atomic E-state index is -1.08. The first-order chi connectivity index (χ1) is 12.1. The molecule has 0 atom stereocenters. The molecule has 0 bridgehead atoms. The molecule has 3 N–H and O–H groups in total. The predicted octanol–water partition coefficient (Wildman–Crippen LogP) is 3.78. The van der Waals surface area contributed by atoms with Gasteiger partial charge in [-0.2, -0.15) is 0 Å². The van der Waals surface area contributed by atoms with Crippen molar-refractivity contribution in [3.05, 3.63) is 0 Å². The Hall–Kier alpha value is -1.30. The number of amides is 2. The van der Waals surface area contributed by atoms with Crippen LogP contribution in [0.2, 0.25) is 0 Å². The van der Waals surface area contributed by atoms with Crippen molar-refractivity contribution < 1.29 is 19.8 Å². The van der Waals surface area contributed by atoms with E-state index in [1.54, 1.807) is 0 Å². The summed E-state index contributed by atoms with van der Waals surface area (Å²) in [5, 5.41) is 20.4. The van der Waals surface area contributed by atoms with Crippen molar-refractivity contribution in [3.8, 4) is 0 Å². The van der Waals surface area contributed by atoms with Crippen LogP contribution < -0.4 is 5.32 Å². The van der Waals surface area contributed by atoms with E-state index in [-0.39, 0.29) is 25.6 Å². The molecule has 0 unspecified atom stereocenters. The number of carboxylic acid groups (broad SMARTS) is 1. The second-order valence-corrected chi connectivity index (χ2v) is 6.63. The van der Waals surface area contributed by atoms with Crippen LogP contribution in [-0.2, 0) is 4.79 Å². The van der Waals surface area contributed by atoms with Gasteiger partial charge in [0, 0.05) is 26.1 Å². The van der Waals surface area contributed by atoms with E-state index in [0.29, 0.717) is 13.0 Å². The second-order valence-electron chi connectivity index (χ2n) is 6.63. The third-order valence-corrected chi connectivity index (χ3v) is 4.35. The molecule has 0 heterocycles. The summed E-state index contributed by atoms with van der Waals surface area (Å²) in [5.41, 5.74) is 0. The first-order valence-corrected chi connectivity index (χ1v) is 9.97. The van der Waals surface area contributed by atoms with E-state index in [2.05, 4.69) is 12.2 Å². The van der Waals surface area contributed by atoms with Gasteiger partial charge in [-0.15, -0.1) is 0 Å². The van der Waals surface area contributed by atoms with E-state index in [9.17, 15) is 9.59 Å². The van der Waals surface area contributed by atoms with Crippen LogP contribution in [0.4, 0.5) is 4.79 Å². The quantitative estimate of drug-likeness (QED) is 0.345. The molecule has 0 aromatic heterocycles. The predicted molar refractivity (Wildman–Crippen MR) is 101 cm³/mol. The lowest BCUT2D eigenvalue weighted by Crippen LogP contribution is -2.39. The zero-order valence-electron chi connectivity index (χ0n) is 16.0. The Bertz CT molecular complexity index is 337. The number of unbranched alkanes of at least 4 members (excludes halogenated alkanes) is 10. The Morgan fingerprint density at radius 1 is 0.840 bits per heavy atom. The van der Waals surface area contributed by atoms with E-state index in [1.165, 1.54) is 57.8 Å². The Morgan fingerprint density at radius 2 is 1.36 bits per heavy atom. The van der Waals surface area contributed by atoms with Gasteiger partial charge in [0.2, 0.25) is 5.91 Å². The summed E-state index contributed by atoms with van der Waals surface area (Å²) in [6.45, 7) is 2.61. The van der Waals surface area contributed by atoms with Crippen LogP contribution in [0, 0.1) is 0 Å². The number of nitrogens with zero attached hydrogens (tertiary/aromatic N) is 1. The molecule has 6 nitrogen and oxygen atoms in total. The highest BCUT2D eigenvalue weighted by Crippen LogP contribution is 2.11. The number of aliphatic hydroxyl groups excluding tert-OH is 1. The number of carbonyl (C=O) groups excluding carboxylic acids is 1. The summed E-state index contributed by atoms with van der Waals surface area (Å²) < 4.78 is 0. The van der Waals surface area contributed by atoms with Crippen molar-refractivity contribution >= 4 is 12.0 Å². The minimum Gasteiger partial charge on any atom is -0.465 e. The number of rotatable bonds is 17. The summed E-state index contributed by atoms with van der Waals surface area (Å²) in [5.74, 6) is -0.0229. The van der Waals surface area contributed by atoms with Crippen LogP contribution in [0.3, 0.4) is 0 Å². The topological polar surface area (TPSA) is 89.9 Å². The van der Waals surface area contributed by atoms with Crippen LogP contribution in [0.5, 0.6) is 0 Å². The Balaban J connectivity index is 3.39. The molecule has 25 heavy (non-hydrogen) atoms. The molecule has 0 aliphatic heterocycles. The standard InChI is InChI=1S/C19H38N2O4/c1-2-3-4-5-6-7-8-9-10-11-12-13-18(23)20-14-15-21(16-17-22)19(24)25/h22H,2-17H2,1H3,(H,20,23)(H,24,25). The monoisotopic (exact) mass is 358 g/mol. The van der Waals surface area contributed by atoms with E-state index in [1.807, 2.05) is 0 Å². The highest BCUT2D eigenvalue weighted by molar-refractivity contribution is 5.75. The number of hydrogen-bond acceptors (Lipinski definition) is 3. The summed E-state index contributed by atoms with van der Waals surface area (Å²) >= 11 is 0. The SMILES string of the molecule is CCCCCCCCCCCCCC(=O)NCCN(CCO)C(=O)O. The summed E-state index contributed by atoms with van der Waals surface area (Å²) in [6.07, 6.45) is 13.2. The van der Waals surface area contributed by atoms with E-state index >= 15 is 0 Å². The average molecular weight is 359 g/mol.